The maximum Gasteiger partial charge on any atom is 0.302 e. The van der Waals surface area contributed by atoms with Crippen molar-refractivity contribution in [2.24, 2.45) is 0 Å². The van der Waals surface area contributed by atoms with Gasteiger partial charge in [-0.05, 0) is 11.1 Å². The topological polar surface area (TPSA) is 83.6 Å². The van der Waals surface area contributed by atoms with Gasteiger partial charge < -0.3 is 0 Å². The lowest BCUT2D eigenvalue weighted by molar-refractivity contribution is -0.111. The van der Waals surface area contributed by atoms with E-state index in [0.717, 1.165) is 0 Å². The number of anilines is 1. The van der Waals surface area contributed by atoms with Crippen molar-refractivity contribution in [2.45, 2.75) is 0 Å². The summed E-state index contributed by atoms with van der Waals surface area (Å²) in [6, 6.07) is 0. The molecule has 0 aliphatic carbocycles. The molecule has 1 aromatic rings. The normalized spacial score (nSPS) is 8.30. The van der Waals surface area contributed by atoms with Gasteiger partial charge in [0, 0.05) is 0 Å². The predicted octanol–water partition coefficient (Wildman–Crippen LogP) is -1.23. The fourth-order valence-corrected chi connectivity index (χ4v) is 0.352. The first-order valence-electron chi connectivity index (χ1n) is 2.34. The largest absolute Gasteiger partial charge is 0.302 e. The summed E-state index contributed by atoms with van der Waals surface area (Å²) in [4.78, 5) is 10.4. The average molecular weight is 137 g/mol. The Kier molecular flexibility index (Phi) is 1.61. The van der Waals surface area contributed by atoms with Crippen LogP contribution in [0.1, 0.15) is 0 Å². The minimum atomic E-state index is -0.596. The second kappa shape index (κ2) is 2.59. The van der Waals surface area contributed by atoms with E-state index in [2.05, 4.69) is 25.9 Å². The van der Waals surface area contributed by atoms with E-state index in [9.17, 15) is 4.79 Å². The van der Waals surface area contributed by atoms with E-state index in [0.29, 0.717) is 0 Å². The number of hydrogen-bond donors (Lipinski definition) is 2. The lowest BCUT2D eigenvalue weighted by Crippen LogP contribution is -2.09. The molecule has 50 valence electrons. The molecule has 1 aromatic heterocycles. The summed E-state index contributed by atoms with van der Waals surface area (Å²) >= 11 is 0. The molecule has 0 unspecified atom stereocenters. The van der Waals surface area contributed by atoms with Crippen molar-refractivity contribution in [3.8, 4) is 12.3 Å². The van der Waals surface area contributed by atoms with Crippen LogP contribution in [-0.4, -0.2) is 26.5 Å². The molecule has 6 heteroatoms. The van der Waals surface area contributed by atoms with Crippen LogP contribution in [0.2, 0.25) is 0 Å². The van der Waals surface area contributed by atoms with Crippen molar-refractivity contribution in [3.05, 3.63) is 0 Å². The van der Waals surface area contributed by atoms with E-state index in [1.165, 1.54) is 0 Å². The van der Waals surface area contributed by atoms with Crippen molar-refractivity contribution < 1.29 is 4.79 Å². The van der Waals surface area contributed by atoms with Gasteiger partial charge >= 0.3 is 5.91 Å². The van der Waals surface area contributed by atoms with Crippen LogP contribution < -0.4 is 5.32 Å². The van der Waals surface area contributed by atoms with Crippen molar-refractivity contribution in [1.29, 1.82) is 0 Å². The minimum absolute atomic E-state index is 0.0722. The SMILES string of the molecule is C#CC(=O)Nc1nn[nH]n1. The van der Waals surface area contributed by atoms with Crippen LogP contribution in [0.4, 0.5) is 5.95 Å². The lowest BCUT2D eigenvalue weighted by Gasteiger charge is -1.87. The van der Waals surface area contributed by atoms with Gasteiger partial charge in [0.1, 0.15) is 0 Å². The molecule has 0 aliphatic heterocycles. The Morgan fingerprint density at radius 3 is 3.10 bits per heavy atom. The highest BCUT2D eigenvalue weighted by Crippen LogP contribution is 1.87. The maximum absolute atomic E-state index is 10.4. The molecule has 10 heavy (non-hydrogen) atoms. The second-order valence-corrected chi connectivity index (χ2v) is 1.33. The van der Waals surface area contributed by atoms with Crippen LogP contribution in [-0.2, 0) is 4.79 Å². The van der Waals surface area contributed by atoms with Crippen LogP contribution in [0, 0.1) is 12.3 Å². The Balaban J connectivity index is 2.59. The number of carbonyl (C=O) groups excluding carboxylic acids is 1. The maximum atomic E-state index is 10.4. The second-order valence-electron chi connectivity index (χ2n) is 1.33. The summed E-state index contributed by atoms with van der Waals surface area (Å²) in [7, 11) is 0. The number of amides is 1. The first-order valence-corrected chi connectivity index (χ1v) is 2.34. The van der Waals surface area contributed by atoms with E-state index in [4.69, 9.17) is 6.42 Å². The molecule has 0 saturated heterocycles. The zero-order chi connectivity index (χ0) is 7.40. The van der Waals surface area contributed by atoms with Gasteiger partial charge in [-0.3, -0.25) is 10.1 Å². The van der Waals surface area contributed by atoms with Gasteiger partial charge in [-0.25, -0.2) is 0 Å². The number of carbonyl (C=O) groups is 1. The summed E-state index contributed by atoms with van der Waals surface area (Å²) in [6.45, 7) is 0. The minimum Gasteiger partial charge on any atom is -0.281 e. The fraction of sp³-hybridized carbons (Fsp3) is 0. The lowest BCUT2D eigenvalue weighted by atomic mass is 10.6. The summed E-state index contributed by atoms with van der Waals surface area (Å²) in [5, 5.41) is 14.4. The Morgan fingerprint density at radius 1 is 1.80 bits per heavy atom. The Bertz CT molecular complexity index is 258. The number of aromatic nitrogens is 4. The van der Waals surface area contributed by atoms with Crippen LogP contribution in [0.25, 0.3) is 0 Å². The number of nitrogens with zero attached hydrogens (tertiary/aromatic N) is 3. The molecule has 1 heterocycles. The first kappa shape index (κ1) is 6.22. The third-order valence-corrected chi connectivity index (χ3v) is 0.702. The van der Waals surface area contributed by atoms with Gasteiger partial charge in [0.05, 0.1) is 0 Å². The molecule has 0 saturated carbocycles. The monoisotopic (exact) mass is 137 g/mol. The molecule has 6 nitrogen and oxygen atoms in total. The molecule has 0 atom stereocenters. The van der Waals surface area contributed by atoms with E-state index in [1.807, 2.05) is 5.92 Å². The van der Waals surface area contributed by atoms with E-state index >= 15 is 0 Å². The summed E-state index contributed by atoms with van der Waals surface area (Å²) in [5.41, 5.74) is 0. The van der Waals surface area contributed by atoms with Gasteiger partial charge in [0.25, 0.3) is 5.95 Å². The number of hydrogen-bond acceptors (Lipinski definition) is 4. The summed E-state index contributed by atoms with van der Waals surface area (Å²) in [6.07, 6.45) is 4.74. The highest BCUT2D eigenvalue weighted by molar-refractivity contribution is 6.02. The third-order valence-electron chi connectivity index (χ3n) is 0.702. The van der Waals surface area contributed by atoms with Crippen molar-refractivity contribution in [1.82, 2.24) is 20.6 Å². The molecule has 1 amide bonds. The molecule has 0 spiro atoms. The Hall–Kier alpha value is -1.90. The third kappa shape index (κ3) is 1.29. The number of nitrogens with one attached hydrogen (secondary N) is 2. The van der Waals surface area contributed by atoms with E-state index in [-0.39, 0.29) is 5.95 Å². The number of terminal acetylenes is 1. The molecular weight excluding hydrogens is 134 g/mol. The van der Waals surface area contributed by atoms with Gasteiger partial charge in [-0.2, -0.15) is 5.21 Å². The van der Waals surface area contributed by atoms with Gasteiger partial charge in [-0.15, -0.1) is 11.5 Å². The highest BCUT2D eigenvalue weighted by Gasteiger charge is 1.99. The Morgan fingerprint density at radius 2 is 2.60 bits per heavy atom. The van der Waals surface area contributed by atoms with Crippen molar-refractivity contribution in [3.63, 3.8) is 0 Å². The molecule has 0 bridgehead atoms. The molecule has 0 aliphatic rings. The molecular formula is C4H3N5O. The molecule has 0 radical (unpaired) electrons. The van der Waals surface area contributed by atoms with Gasteiger partial charge in [0.15, 0.2) is 0 Å². The van der Waals surface area contributed by atoms with Gasteiger partial charge in [0.2, 0.25) is 0 Å². The first-order chi connectivity index (χ1) is 4.83. The molecule has 0 fully saturated rings. The molecule has 1 rings (SSSR count). The molecule has 2 N–H and O–H groups in total. The average Bonchev–Trinajstić information content (AvgIpc) is 2.40. The number of tetrazole rings is 1. The van der Waals surface area contributed by atoms with Crippen molar-refractivity contribution >= 4 is 11.9 Å². The van der Waals surface area contributed by atoms with Crippen LogP contribution in [0.3, 0.4) is 0 Å². The zero-order valence-corrected chi connectivity index (χ0v) is 4.83. The molecule has 0 aromatic carbocycles. The van der Waals surface area contributed by atoms with Crippen LogP contribution >= 0.6 is 0 Å². The van der Waals surface area contributed by atoms with E-state index in [1.54, 1.807) is 0 Å². The van der Waals surface area contributed by atoms with Gasteiger partial charge in [-0.1, -0.05) is 5.10 Å². The standard InChI is InChI=1S/C4H3N5O/c1-2-3(10)5-4-6-8-9-7-4/h1H,(H2,5,6,7,8,9,10). The number of rotatable bonds is 1. The van der Waals surface area contributed by atoms with Crippen LogP contribution in [0.5, 0.6) is 0 Å². The summed E-state index contributed by atoms with van der Waals surface area (Å²) in [5.74, 6) is 1.31. The Labute approximate surface area is 56.0 Å². The fourth-order valence-electron chi connectivity index (χ4n) is 0.352. The van der Waals surface area contributed by atoms with E-state index < -0.39 is 5.91 Å². The quantitative estimate of drug-likeness (QED) is 0.475. The zero-order valence-electron chi connectivity index (χ0n) is 4.83. The van der Waals surface area contributed by atoms with Crippen LogP contribution in [0.15, 0.2) is 0 Å². The number of aromatic amines is 1. The number of H-pyrrole nitrogens is 1. The van der Waals surface area contributed by atoms with Crippen molar-refractivity contribution in [2.75, 3.05) is 5.32 Å². The highest BCUT2D eigenvalue weighted by atomic mass is 16.1. The summed E-state index contributed by atoms with van der Waals surface area (Å²) < 4.78 is 0. The smallest absolute Gasteiger partial charge is 0.281 e. The predicted molar refractivity (Wildman–Crippen MR) is 31.6 cm³/mol.